The fourth-order valence-electron chi connectivity index (χ4n) is 4.42. The van der Waals surface area contributed by atoms with Crippen molar-refractivity contribution in [3.63, 3.8) is 0 Å². The van der Waals surface area contributed by atoms with Gasteiger partial charge >= 0.3 is 6.03 Å². The lowest BCUT2D eigenvalue weighted by Crippen LogP contribution is -2.68. The summed E-state index contributed by atoms with van der Waals surface area (Å²) in [6, 6.07) is 0.609. The van der Waals surface area contributed by atoms with E-state index in [1.54, 1.807) is 0 Å². The Hall–Kier alpha value is -0.890. The first-order chi connectivity index (χ1) is 12.6. The number of hydrogen-bond donors (Lipinski definition) is 6. The summed E-state index contributed by atoms with van der Waals surface area (Å²) in [5, 5.41) is 20.2. The van der Waals surface area contributed by atoms with Gasteiger partial charge in [-0.05, 0) is 76.8 Å². The van der Waals surface area contributed by atoms with E-state index in [0.29, 0.717) is 18.0 Å². The minimum Gasteiger partial charge on any atom is -0.335 e. The number of hydrogen-bond acceptors (Lipinski definition) is 5. The van der Waals surface area contributed by atoms with Crippen LogP contribution in [0, 0.1) is 11.8 Å². The third kappa shape index (κ3) is 6.37. The molecule has 26 heavy (non-hydrogen) atoms. The second-order valence-corrected chi connectivity index (χ2v) is 8.65. The summed E-state index contributed by atoms with van der Waals surface area (Å²) < 4.78 is 0. The largest absolute Gasteiger partial charge is 0.335 e. The van der Waals surface area contributed by atoms with Gasteiger partial charge in [-0.1, -0.05) is 6.92 Å². The molecule has 3 aliphatic rings. The van der Waals surface area contributed by atoms with Gasteiger partial charge in [-0.15, -0.1) is 0 Å². The summed E-state index contributed by atoms with van der Waals surface area (Å²) in [7, 11) is 0. The van der Waals surface area contributed by atoms with Gasteiger partial charge in [0, 0.05) is 18.6 Å². The molecule has 4 unspecified atom stereocenters. The number of amides is 2. The predicted molar refractivity (Wildman–Crippen MR) is 105 cm³/mol. The van der Waals surface area contributed by atoms with Gasteiger partial charge in [0.05, 0.1) is 6.17 Å². The predicted octanol–water partition coefficient (Wildman–Crippen LogP) is 1.03. The van der Waals surface area contributed by atoms with Crippen molar-refractivity contribution in [3.8, 4) is 0 Å². The molecule has 3 fully saturated rings. The summed E-state index contributed by atoms with van der Waals surface area (Å²) in [5.74, 6) is 1.50. The standard InChI is InChI=1S/C19H38N6O/c1-13-5-7-16(8-6-13)23-19(26)25-18-22-14(2)10-17(24-18)21-12-15-4-3-9-20-11-15/h13-18,20-22,24H,3-12H2,1-2H3,(H2,23,25,26). The number of carbonyl (C=O) groups excluding carboxylic acids is 1. The van der Waals surface area contributed by atoms with Crippen LogP contribution >= 0.6 is 0 Å². The lowest BCUT2D eigenvalue weighted by molar-refractivity contribution is 0.179. The SMILES string of the molecule is CC1CCC(NC(=O)NC2NC(C)CC(NCC3CCCNC3)N2)CC1. The first-order valence-corrected chi connectivity index (χ1v) is 10.6. The van der Waals surface area contributed by atoms with Gasteiger partial charge in [-0.3, -0.25) is 10.6 Å². The zero-order chi connectivity index (χ0) is 18.4. The molecular formula is C19H38N6O. The van der Waals surface area contributed by atoms with Crippen LogP contribution in [-0.2, 0) is 0 Å². The van der Waals surface area contributed by atoms with E-state index >= 15 is 0 Å². The number of rotatable bonds is 5. The normalized spacial score (nSPS) is 38.5. The molecule has 0 bridgehead atoms. The number of carbonyl (C=O) groups is 1. The minimum absolute atomic E-state index is 0.0705. The Bertz CT molecular complexity index is 434. The topological polar surface area (TPSA) is 89.2 Å². The third-order valence-electron chi connectivity index (χ3n) is 6.09. The summed E-state index contributed by atoms with van der Waals surface area (Å²) in [6.07, 6.45) is 8.23. The molecule has 2 saturated heterocycles. The van der Waals surface area contributed by atoms with Crippen LogP contribution in [0.3, 0.4) is 0 Å². The number of urea groups is 1. The monoisotopic (exact) mass is 366 g/mol. The van der Waals surface area contributed by atoms with E-state index in [2.05, 4.69) is 45.7 Å². The zero-order valence-corrected chi connectivity index (χ0v) is 16.4. The molecule has 0 aromatic rings. The molecule has 2 amide bonds. The average molecular weight is 367 g/mol. The number of piperidine rings is 1. The fraction of sp³-hybridized carbons (Fsp3) is 0.947. The highest BCUT2D eigenvalue weighted by Crippen LogP contribution is 2.23. The van der Waals surface area contributed by atoms with Crippen LogP contribution in [0.15, 0.2) is 0 Å². The second kappa shape index (κ2) is 9.88. The van der Waals surface area contributed by atoms with E-state index in [-0.39, 0.29) is 18.5 Å². The number of nitrogens with one attached hydrogen (secondary N) is 6. The van der Waals surface area contributed by atoms with E-state index in [1.165, 1.54) is 25.7 Å². The summed E-state index contributed by atoms with van der Waals surface area (Å²) >= 11 is 0. The van der Waals surface area contributed by atoms with E-state index in [1.807, 2.05) is 0 Å². The maximum Gasteiger partial charge on any atom is 0.317 e. The molecule has 7 nitrogen and oxygen atoms in total. The first-order valence-electron chi connectivity index (χ1n) is 10.6. The summed E-state index contributed by atoms with van der Waals surface area (Å²) in [4.78, 5) is 12.3. The Kier molecular flexibility index (Phi) is 7.54. The second-order valence-electron chi connectivity index (χ2n) is 8.65. The van der Waals surface area contributed by atoms with Gasteiger partial charge in [0.25, 0.3) is 0 Å². The quantitative estimate of drug-likeness (QED) is 0.438. The summed E-state index contributed by atoms with van der Waals surface area (Å²) in [5.41, 5.74) is 0. The fourth-order valence-corrected chi connectivity index (χ4v) is 4.42. The lowest BCUT2D eigenvalue weighted by atomic mass is 9.87. The van der Waals surface area contributed by atoms with Crippen molar-refractivity contribution in [2.24, 2.45) is 11.8 Å². The molecule has 7 heteroatoms. The molecule has 2 heterocycles. The Morgan fingerprint density at radius 3 is 2.58 bits per heavy atom. The molecule has 4 atom stereocenters. The van der Waals surface area contributed by atoms with Gasteiger partial charge in [0.2, 0.25) is 0 Å². The maximum absolute atomic E-state index is 12.3. The van der Waals surface area contributed by atoms with Gasteiger partial charge in [0.15, 0.2) is 0 Å². The maximum atomic E-state index is 12.3. The Balaban J connectivity index is 1.38. The minimum atomic E-state index is -0.191. The van der Waals surface area contributed by atoms with E-state index in [4.69, 9.17) is 0 Å². The van der Waals surface area contributed by atoms with Crippen molar-refractivity contribution in [1.82, 2.24) is 31.9 Å². The van der Waals surface area contributed by atoms with Crippen molar-refractivity contribution >= 4 is 6.03 Å². The molecule has 0 radical (unpaired) electrons. The highest BCUT2D eigenvalue weighted by atomic mass is 16.2. The van der Waals surface area contributed by atoms with Crippen molar-refractivity contribution < 1.29 is 4.79 Å². The first kappa shape index (κ1) is 19.9. The Labute approximate surface area is 158 Å². The average Bonchev–Trinajstić information content (AvgIpc) is 2.62. The highest BCUT2D eigenvalue weighted by Gasteiger charge is 2.27. The molecule has 0 aromatic heterocycles. The van der Waals surface area contributed by atoms with Crippen LogP contribution in [0.1, 0.15) is 58.8 Å². The van der Waals surface area contributed by atoms with E-state index < -0.39 is 0 Å². The van der Waals surface area contributed by atoms with Crippen molar-refractivity contribution in [3.05, 3.63) is 0 Å². The van der Waals surface area contributed by atoms with Crippen LogP contribution in [0.5, 0.6) is 0 Å². The molecule has 150 valence electrons. The Morgan fingerprint density at radius 1 is 1.04 bits per heavy atom. The van der Waals surface area contributed by atoms with Crippen LogP contribution in [0.2, 0.25) is 0 Å². The van der Waals surface area contributed by atoms with Crippen LogP contribution in [0.25, 0.3) is 0 Å². The molecule has 6 N–H and O–H groups in total. The molecule has 1 aliphatic carbocycles. The van der Waals surface area contributed by atoms with Crippen molar-refractivity contribution in [2.45, 2.75) is 83.3 Å². The molecule has 0 spiro atoms. The van der Waals surface area contributed by atoms with Gasteiger partial charge in [0.1, 0.15) is 6.29 Å². The van der Waals surface area contributed by atoms with Crippen molar-refractivity contribution in [1.29, 1.82) is 0 Å². The van der Waals surface area contributed by atoms with Crippen LogP contribution in [-0.4, -0.2) is 50.2 Å². The van der Waals surface area contributed by atoms with Crippen molar-refractivity contribution in [2.75, 3.05) is 19.6 Å². The zero-order valence-electron chi connectivity index (χ0n) is 16.4. The molecule has 0 aromatic carbocycles. The third-order valence-corrected chi connectivity index (χ3v) is 6.09. The molecule has 2 aliphatic heterocycles. The molecule has 1 saturated carbocycles. The lowest BCUT2D eigenvalue weighted by Gasteiger charge is -2.38. The Morgan fingerprint density at radius 2 is 1.85 bits per heavy atom. The van der Waals surface area contributed by atoms with E-state index in [0.717, 1.165) is 44.8 Å². The van der Waals surface area contributed by atoms with Crippen LogP contribution < -0.4 is 31.9 Å². The highest BCUT2D eigenvalue weighted by molar-refractivity contribution is 5.74. The van der Waals surface area contributed by atoms with Gasteiger partial charge in [-0.2, -0.15) is 0 Å². The molecule has 3 rings (SSSR count). The smallest absolute Gasteiger partial charge is 0.317 e. The molecular weight excluding hydrogens is 328 g/mol. The van der Waals surface area contributed by atoms with Gasteiger partial charge in [-0.25, -0.2) is 4.79 Å². The van der Waals surface area contributed by atoms with Crippen LogP contribution in [0.4, 0.5) is 4.79 Å². The van der Waals surface area contributed by atoms with Gasteiger partial charge < -0.3 is 21.3 Å². The summed E-state index contributed by atoms with van der Waals surface area (Å²) in [6.45, 7) is 7.76. The van der Waals surface area contributed by atoms with E-state index in [9.17, 15) is 4.79 Å².